The standard InChI is InChI=1S/C10H19N3O2/c1-7-5-12-6-8(7)10(15)13-4-2-3-9(11)14/h7-8,12H,2-6H2,1H3,(H2,11,14)(H,13,15)/t7-,8-/m1/s1. The van der Waals surface area contributed by atoms with Gasteiger partial charge >= 0.3 is 0 Å². The predicted molar refractivity (Wildman–Crippen MR) is 57.0 cm³/mol. The van der Waals surface area contributed by atoms with Gasteiger partial charge in [-0.15, -0.1) is 0 Å². The van der Waals surface area contributed by atoms with Crippen molar-refractivity contribution in [3.63, 3.8) is 0 Å². The van der Waals surface area contributed by atoms with Crippen LogP contribution in [-0.2, 0) is 9.59 Å². The van der Waals surface area contributed by atoms with Crippen LogP contribution in [0.25, 0.3) is 0 Å². The summed E-state index contributed by atoms with van der Waals surface area (Å²) in [7, 11) is 0. The number of hydrogen-bond acceptors (Lipinski definition) is 3. The van der Waals surface area contributed by atoms with Crippen LogP contribution in [0.1, 0.15) is 19.8 Å². The van der Waals surface area contributed by atoms with E-state index in [1.54, 1.807) is 0 Å². The van der Waals surface area contributed by atoms with Crippen LogP contribution in [0.2, 0.25) is 0 Å². The highest BCUT2D eigenvalue weighted by Gasteiger charge is 2.28. The number of nitrogens with one attached hydrogen (secondary N) is 2. The van der Waals surface area contributed by atoms with Crippen LogP contribution in [0, 0.1) is 11.8 Å². The number of amides is 2. The van der Waals surface area contributed by atoms with Crippen molar-refractivity contribution in [2.45, 2.75) is 19.8 Å². The van der Waals surface area contributed by atoms with E-state index in [1.165, 1.54) is 0 Å². The van der Waals surface area contributed by atoms with Crippen molar-refractivity contribution in [1.29, 1.82) is 0 Å². The van der Waals surface area contributed by atoms with E-state index in [9.17, 15) is 9.59 Å². The van der Waals surface area contributed by atoms with E-state index in [1.807, 2.05) is 0 Å². The molecule has 5 heteroatoms. The molecule has 0 saturated carbocycles. The zero-order chi connectivity index (χ0) is 11.3. The Morgan fingerprint density at radius 1 is 1.47 bits per heavy atom. The smallest absolute Gasteiger partial charge is 0.224 e. The molecule has 15 heavy (non-hydrogen) atoms. The van der Waals surface area contributed by atoms with Gasteiger partial charge in [-0.3, -0.25) is 9.59 Å². The second kappa shape index (κ2) is 5.70. The van der Waals surface area contributed by atoms with Crippen LogP contribution in [0.4, 0.5) is 0 Å². The lowest BCUT2D eigenvalue weighted by Gasteiger charge is -2.13. The normalized spacial score (nSPS) is 25.1. The van der Waals surface area contributed by atoms with Crippen LogP contribution >= 0.6 is 0 Å². The summed E-state index contributed by atoms with van der Waals surface area (Å²) in [6.45, 7) is 4.25. The van der Waals surface area contributed by atoms with Crippen molar-refractivity contribution < 1.29 is 9.59 Å². The highest BCUT2D eigenvalue weighted by molar-refractivity contribution is 5.79. The molecule has 0 spiro atoms. The number of hydrogen-bond donors (Lipinski definition) is 3. The maximum Gasteiger partial charge on any atom is 0.224 e. The SMILES string of the molecule is C[C@@H]1CNC[C@H]1C(=O)NCCCC(N)=O. The molecule has 0 unspecified atom stereocenters. The van der Waals surface area contributed by atoms with Crippen LogP contribution in [0.5, 0.6) is 0 Å². The molecule has 1 saturated heterocycles. The van der Waals surface area contributed by atoms with E-state index in [-0.39, 0.29) is 17.7 Å². The van der Waals surface area contributed by atoms with Gasteiger partial charge < -0.3 is 16.4 Å². The molecule has 2 amide bonds. The van der Waals surface area contributed by atoms with Gasteiger partial charge in [-0.2, -0.15) is 0 Å². The number of carbonyl (C=O) groups excluding carboxylic acids is 2. The Morgan fingerprint density at radius 3 is 2.73 bits per heavy atom. The Balaban J connectivity index is 2.15. The molecule has 0 bridgehead atoms. The molecule has 0 aromatic carbocycles. The van der Waals surface area contributed by atoms with Crippen molar-refractivity contribution in [2.24, 2.45) is 17.6 Å². The van der Waals surface area contributed by atoms with Crippen LogP contribution < -0.4 is 16.4 Å². The summed E-state index contributed by atoms with van der Waals surface area (Å²) in [6.07, 6.45) is 0.953. The quantitative estimate of drug-likeness (QED) is 0.524. The zero-order valence-electron chi connectivity index (χ0n) is 9.08. The highest BCUT2D eigenvalue weighted by atomic mass is 16.2. The van der Waals surface area contributed by atoms with Gasteiger partial charge in [-0.25, -0.2) is 0 Å². The third-order valence-corrected chi connectivity index (χ3v) is 2.75. The average Bonchev–Trinajstić information content (AvgIpc) is 2.58. The third-order valence-electron chi connectivity index (χ3n) is 2.75. The van der Waals surface area contributed by atoms with Gasteiger partial charge in [0.1, 0.15) is 0 Å². The molecular weight excluding hydrogens is 194 g/mol. The average molecular weight is 213 g/mol. The van der Waals surface area contributed by atoms with Crippen molar-refractivity contribution in [3.05, 3.63) is 0 Å². The van der Waals surface area contributed by atoms with E-state index in [4.69, 9.17) is 5.73 Å². The number of carbonyl (C=O) groups is 2. The lowest BCUT2D eigenvalue weighted by molar-refractivity contribution is -0.125. The molecule has 5 nitrogen and oxygen atoms in total. The van der Waals surface area contributed by atoms with E-state index in [0.717, 1.165) is 13.1 Å². The van der Waals surface area contributed by atoms with Gasteiger partial charge in [0.15, 0.2) is 0 Å². The zero-order valence-corrected chi connectivity index (χ0v) is 9.08. The minimum atomic E-state index is -0.319. The first kappa shape index (κ1) is 12.0. The first-order valence-corrected chi connectivity index (χ1v) is 5.38. The summed E-state index contributed by atoms with van der Waals surface area (Å²) in [5.74, 6) is 0.219. The Kier molecular flexibility index (Phi) is 4.55. The third kappa shape index (κ3) is 3.87. The van der Waals surface area contributed by atoms with Crippen molar-refractivity contribution in [3.8, 4) is 0 Å². The minimum absolute atomic E-state index is 0.0681. The topological polar surface area (TPSA) is 84.2 Å². The largest absolute Gasteiger partial charge is 0.370 e. The van der Waals surface area contributed by atoms with E-state index in [0.29, 0.717) is 25.3 Å². The fourth-order valence-corrected chi connectivity index (χ4v) is 1.77. The second-order valence-corrected chi connectivity index (χ2v) is 4.10. The molecule has 0 aliphatic carbocycles. The van der Waals surface area contributed by atoms with Crippen LogP contribution in [0.3, 0.4) is 0 Å². The lowest BCUT2D eigenvalue weighted by Crippen LogP contribution is -2.35. The van der Waals surface area contributed by atoms with Crippen molar-refractivity contribution in [2.75, 3.05) is 19.6 Å². The number of primary amides is 1. The monoisotopic (exact) mass is 213 g/mol. The molecule has 4 N–H and O–H groups in total. The summed E-state index contributed by atoms with van der Waals surface area (Å²) in [6, 6.07) is 0. The van der Waals surface area contributed by atoms with Gasteiger partial charge in [-0.05, 0) is 18.9 Å². The second-order valence-electron chi connectivity index (χ2n) is 4.10. The van der Waals surface area contributed by atoms with Crippen molar-refractivity contribution in [1.82, 2.24) is 10.6 Å². The number of nitrogens with two attached hydrogens (primary N) is 1. The maximum absolute atomic E-state index is 11.6. The van der Waals surface area contributed by atoms with Crippen LogP contribution in [0.15, 0.2) is 0 Å². The molecule has 2 atom stereocenters. The lowest BCUT2D eigenvalue weighted by atomic mass is 9.97. The molecule has 0 aromatic rings. The molecule has 86 valence electrons. The highest BCUT2D eigenvalue weighted by Crippen LogP contribution is 2.15. The molecule has 1 aliphatic rings. The minimum Gasteiger partial charge on any atom is -0.370 e. The molecule has 1 heterocycles. The van der Waals surface area contributed by atoms with Crippen molar-refractivity contribution >= 4 is 11.8 Å². The molecule has 0 aromatic heterocycles. The predicted octanol–water partition coefficient (Wildman–Crippen LogP) is -0.776. The molecule has 1 rings (SSSR count). The molecule has 0 radical (unpaired) electrons. The Hall–Kier alpha value is -1.10. The first-order valence-electron chi connectivity index (χ1n) is 5.38. The Morgan fingerprint density at radius 2 is 2.20 bits per heavy atom. The summed E-state index contributed by atoms with van der Waals surface area (Å²) in [5, 5.41) is 6.00. The van der Waals surface area contributed by atoms with E-state index in [2.05, 4.69) is 17.6 Å². The fourth-order valence-electron chi connectivity index (χ4n) is 1.77. The summed E-state index contributed by atoms with van der Waals surface area (Å²) >= 11 is 0. The molecular formula is C10H19N3O2. The Labute approximate surface area is 89.8 Å². The summed E-state index contributed by atoms with van der Waals surface area (Å²) in [4.78, 5) is 22.1. The van der Waals surface area contributed by atoms with Gasteiger partial charge in [0, 0.05) is 19.5 Å². The van der Waals surface area contributed by atoms with Gasteiger partial charge in [0.25, 0.3) is 0 Å². The van der Waals surface area contributed by atoms with E-state index >= 15 is 0 Å². The van der Waals surface area contributed by atoms with Gasteiger partial charge in [0.05, 0.1) is 5.92 Å². The fraction of sp³-hybridized carbons (Fsp3) is 0.800. The van der Waals surface area contributed by atoms with Gasteiger partial charge in [0.2, 0.25) is 11.8 Å². The van der Waals surface area contributed by atoms with Gasteiger partial charge in [-0.1, -0.05) is 6.92 Å². The summed E-state index contributed by atoms with van der Waals surface area (Å²) in [5.41, 5.74) is 4.99. The number of rotatable bonds is 5. The first-order chi connectivity index (χ1) is 7.11. The summed E-state index contributed by atoms with van der Waals surface area (Å²) < 4.78 is 0. The van der Waals surface area contributed by atoms with Crippen LogP contribution in [-0.4, -0.2) is 31.4 Å². The maximum atomic E-state index is 11.6. The Bertz CT molecular complexity index is 243. The van der Waals surface area contributed by atoms with E-state index < -0.39 is 0 Å². The molecule has 1 fully saturated rings. The molecule has 1 aliphatic heterocycles.